The van der Waals surface area contributed by atoms with Crippen LogP contribution in [0, 0.1) is 0 Å². The van der Waals surface area contributed by atoms with Gasteiger partial charge in [0.2, 0.25) is 0 Å². The average Bonchev–Trinajstić information content (AvgIpc) is 3.28. The first kappa shape index (κ1) is 22.3. The van der Waals surface area contributed by atoms with E-state index < -0.39 is 6.17 Å². The third-order valence-corrected chi connectivity index (χ3v) is 6.77. The first-order valence-electron chi connectivity index (χ1n) is 11.2. The Morgan fingerprint density at radius 2 is 1.91 bits per heavy atom. The molecule has 10 heteroatoms. The fourth-order valence-electron chi connectivity index (χ4n) is 4.86. The maximum absolute atomic E-state index is 14.9. The summed E-state index contributed by atoms with van der Waals surface area (Å²) < 4.78 is 25.4. The summed E-state index contributed by atoms with van der Waals surface area (Å²) >= 11 is 0. The molecule has 0 spiro atoms. The summed E-state index contributed by atoms with van der Waals surface area (Å²) in [5.74, 6) is 1.67. The summed E-state index contributed by atoms with van der Waals surface area (Å²) in [6.07, 6.45) is 4.85. The first-order chi connectivity index (χ1) is 16.5. The highest BCUT2D eigenvalue weighted by atomic mass is 19.1. The zero-order valence-corrected chi connectivity index (χ0v) is 19.3. The topological polar surface area (TPSA) is 106 Å². The summed E-state index contributed by atoms with van der Waals surface area (Å²) in [5, 5.41) is 22.5. The van der Waals surface area contributed by atoms with Gasteiger partial charge < -0.3 is 24.8 Å². The Labute approximate surface area is 197 Å². The van der Waals surface area contributed by atoms with Gasteiger partial charge in [-0.3, -0.25) is 0 Å². The van der Waals surface area contributed by atoms with Crippen molar-refractivity contribution in [3.63, 3.8) is 0 Å². The van der Waals surface area contributed by atoms with Crippen LogP contribution in [0.5, 0.6) is 17.4 Å². The van der Waals surface area contributed by atoms with E-state index in [1.807, 2.05) is 18.0 Å². The smallest absolute Gasteiger partial charge is 0.256 e. The molecule has 4 heterocycles. The fourth-order valence-corrected chi connectivity index (χ4v) is 4.86. The number of phenolic OH excluding ortho intramolecular Hbond substituents is 1. The van der Waals surface area contributed by atoms with Crippen LogP contribution in [0.3, 0.4) is 0 Å². The van der Waals surface area contributed by atoms with Gasteiger partial charge in [0.1, 0.15) is 11.9 Å². The van der Waals surface area contributed by atoms with Crippen molar-refractivity contribution in [2.24, 2.45) is 0 Å². The number of fused-ring (bicyclic) bond motifs is 2. The van der Waals surface area contributed by atoms with E-state index in [9.17, 15) is 9.50 Å². The van der Waals surface area contributed by atoms with Crippen LogP contribution in [-0.2, 0) is 0 Å². The van der Waals surface area contributed by atoms with Crippen LogP contribution in [0.25, 0.3) is 22.5 Å². The molecule has 0 radical (unpaired) electrons. The van der Waals surface area contributed by atoms with E-state index in [0.29, 0.717) is 29.1 Å². The molecule has 3 aromatic rings. The summed E-state index contributed by atoms with van der Waals surface area (Å²) in [5.41, 5.74) is 1.95. The van der Waals surface area contributed by atoms with E-state index in [0.717, 1.165) is 30.4 Å². The molecule has 9 nitrogen and oxygen atoms in total. The third kappa shape index (κ3) is 3.98. The Morgan fingerprint density at radius 3 is 2.62 bits per heavy atom. The number of hydrogen-bond donors (Lipinski definition) is 2. The lowest BCUT2D eigenvalue weighted by Gasteiger charge is -2.38. The standard InChI is InChI=1S/C24H27FN6O3/c1-31(18-10-15-5-7-17(28-15)22(18)25)21-12-26-23(30-29-21)16-6-4-13(8-19(16)32)14-9-20(33-2)24(34-3)27-11-14/h4,6,8-9,11-12,15,17-18,22,28,32H,5,7,10H2,1-3H3/t15-,17-,18-,22+/m0/s1. The maximum Gasteiger partial charge on any atom is 0.256 e. The van der Waals surface area contributed by atoms with Crippen LogP contribution >= 0.6 is 0 Å². The van der Waals surface area contributed by atoms with Gasteiger partial charge in [0.25, 0.3) is 5.88 Å². The van der Waals surface area contributed by atoms with E-state index in [4.69, 9.17) is 9.47 Å². The lowest BCUT2D eigenvalue weighted by atomic mass is 9.96. The zero-order chi connectivity index (χ0) is 23.8. The number of aromatic hydroxyl groups is 1. The Balaban J connectivity index is 1.35. The minimum absolute atomic E-state index is 0.00828. The Bertz CT molecular complexity index is 1180. The van der Waals surface area contributed by atoms with Gasteiger partial charge in [-0.2, -0.15) is 0 Å². The minimum atomic E-state index is -0.965. The quantitative estimate of drug-likeness (QED) is 0.567. The number of phenols is 1. The summed E-state index contributed by atoms with van der Waals surface area (Å²) in [4.78, 5) is 10.5. The number of benzene rings is 1. The Morgan fingerprint density at radius 1 is 1.06 bits per heavy atom. The van der Waals surface area contributed by atoms with Crippen molar-refractivity contribution in [2.45, 2.75) is 43.6 Å². The zero-order valence-electron chi connectivity index (χ0n) is 19.3. The third-order valence-electron chi connectivity index (χ3n) is 6.77. The molecule has 2 fully saturated rings. The second-order valence-electron chi connectivity index (χ2n) is 8.71. The number of aromatic nitrogens is 4. The van der Waals surface area contributed by atoms with Gasteiger partial charge >= 0.3 is 0 Å². The van der Waals surface area contributed by atoms with Gasteiger partial charge in [-0.25, -0.2) is 14.4 Å². The number of piperidine rings is 1. The molecule has 0 unspecified atom stereocenters. The van der Waals surface area contributed by atoms with Crippen molar-refractivity contribution in [1.82, 2.24) is 25.5 Å². The molecule has 2 aliphatic heterocycles. The Kier molecular flexibility index (Phi) is 5.91. The first-order valence-corrected chi connectivity index (χ1v) is 11.2. The Hall–Kier alpha value is -3.53. The normalized spacial score (nSPS) is 23.5. The number of rotatable bonds is 6. The van der Waals surface area contributed by atoms with Crippen LogP contribution in [0.2, 0.25) is 0 Å². The number of anilines is 1. The van der Waals surface area contributed by atoms with Gasteiger partial charge in [-0.05, 0) is 43.0 Å². The van der Waals surface area contributed by atoms with Crippen molar-refractivity contribution >= 4 is 5.82 Å². The SMILES string of the molecule is COc1cc(-c2ccc(-c3ncc(N(C)[C@H]4C[C@@H]5CC[C@H](N5)[C@H]4F)nn3)c(O)c2)cnc1OC. The van der Waals surface area contributed by atoms with Gasteiger partial charge in [0.05, 0.1) is 32.0 Å². The van der Waals surface area contributed by atoms with Crippen LogP contribution in [0.15, 0.2) is 36.7 Å². The molecule has 0 aliphatic carbocycles. The van der Waals surface area contributed by atoms with Gasteiger partial charge in [0, 0.05) is 30.9 Å². The number of ether oxygens (including phenoxy) is 2. The lowest BCUT2D eigenvalue weighted by molar-refractivity contribution is 0.176. The molecule has 2 aromatic heterocycles. The van der Waals surface area contributed by atoms with Crippen molar-refractivity contribution in [1.29, 1.82) is 0 Å². The van der Waals surface area contributed by atoms with E-state index >= 15 is 0 Å². The second kappa shape index (κ2) is 9.02. The largest absolute Gasteiger partial charge is 0.507 e. The number of methoxy groups -OCH3 is 2. The molecular weight excluding hydrogens is 439 g/mol. The van der Waals surface area contributed by atoms with Crippen molar-refractivity contribution in [3.8, 4) is 39.9 Å². The number of alkyl halides is 1. The molecule has 2 N–H and O–H groups in total. The predicted molar refractivity (Wildman–Crippen MR) is 125 cm³/mol. The highest BCUT2D eigenvalue weighted by Crippen LogP contribution is 2.36. The fraction of sp³-hybridized carbons (Fsp3) is 0.417. The molecular formula is C24H27FN6O3. The van der Waals surface area contributed by atoms with Crippen molar-refractivity contribution < 1.29 is 19.0 Å². The lowest BCUT2D eigenvalue weighted by Crippen LogP contribution is -2.55. The van der Waals surface area contributed by atoms with Crippen molar-refractivity contribution in [3.05, 3.63) is 36.7 Å². The van der Waals surface area contributed by atoms with Crippen LogP contribution in [0.4, 0.5) is 10.2 Å². The molecule has 5 rings (SSSR count). The number of hydrogen-bond acceptors (Lipinski definition) is 9. The molecule has 2 aliphatic rings. The highest BCUT2D eigenvalue weighted by Gasteiger charge is 2.43. The van der Waals surface area contributed by atoms with Crippen LogP contribution < -0.4 is 19.7 Å². The van der Waals surface area contributed by atoms with E-state index in [2.05, 4.69) is 25.5 Å². The molecule has 0 amide bonds. The molecule has 2 bridgehead atoms. The molecule has 34 heavy (non-hydrogen) atoms. The molecule has 2 saturated heterocycles. The van der Waals surface area contributed by atoms with Gasteiger partial charge in [-0.1, -0.05) is 6.07 Å². The monoisotopic (exact) mass is 466 g/mol. The summed E-state index contributed by atoms with van der Waals surface area (Å²) in [6, 6.07) is 6.95. The number of halogens is 1. The van der Waals surface area contributed by atoms with Gasteiger partial charge in [0.15, 0.2) is 17.4 Å². The molecule has 0 saturated carbocycles. The van der Waals surface area contributed by atoms with Crippen molar-refractivity contribution in [2.75, 3.05) is 26.2 Å². The molecule has 1 aromatic carbocycles. The van der Waals surface area contributed by atoms with Crippen LogP contribution in [0.1, 0.15) is 19.3 Å². The number of nitrogens with one attached hydrogen (secondary N) is 1. The van der Waals surface area contributed by atoms with E-state index in [1.54, 1.807) is 37.7 Å². The number of pyridine rings is 1. The predicted octanol–water partition coefficient (Wildman–Crippen LogP) is 2.99. The van der Waals surface area contributed by atoms with E-state index in [1.165, 1.54) is 7.11 Å². The summed E-state index contributed by atoms with van der Waals surface area (Å²) in [7, 11) is 4.89. The molecule has 178 valence electrons. The summed E-state index contributed by atoms with van der Waals surface area (Å²) in [6.45, 7) is 0. The second-order valence-corrected chi connectivity index (χ2v) is 8.71. The van der Waals surface area contributed by atoms with E-state index in [-0.39, 0.29) is 23.7 Å². The van der Waals surface area contributed by atoms with Gasteiger partial charge in [-0.15, -0.1) is 10.2 Å². The van der Waals surface area contributed by atoms with Crippen LogP contribution in [-0.4, -0.2) is 70.8 Å². The number of nitrogens with zero attached hydrogens (tertiary/aromatic N) is 5. The minimum Gasteiger partial charge on any atom is -0.507 e. The maximum atomic E-state index is 14.9. The molecule has 4 atom stereocenters. The average molecular weight is 467 g/mol. The highest BCUT2D eigenvalue weighted by molar-refractivity contribution is 5.73.